The maximum atomic E-state index is 12.3. The molecule has 0 saturated carbocycles. The summed E-state index contributed by atoms with van der Waals surface area (Å²) in [7, 11) is -7.19. The summed E-state index contributed by atoms with van der Waals surface area (Å²) in [5.41, 5.74) is 0.776. The maximum absolute atomic E-state index is 12.3. The van der Waals surface area contributed by atoms with Crippen molar-refractivity contribution in [3.8, 4) is 0 Å². The molecule has 0 aliphatic carbocycles. The summed E-state index contributed by atoms with van der Waals surface area (Å²) in [5.74, 6) is 0.400. The first-order valence-corrected chi connectivity index (χ1v) is 10.3. The fourth-order valence-electron chi connectivity index (χ4n) is 1.89. The van der Waals surface area contributed by atoms with Crippen molar-refractivity contribution in [2.75, 3.05) is 11.0 Å². The number of sulfone groups is 1. The van der Waals surface area contributed by atoms with E-state index < -0.39 is 19.9 Å². The van der Waals surface area contributed by atoms with Crippen LogP contribution in [0.4, 0.5) is 5.82 Å². The molecular formula is C15H18N2O4S2. The smallest absolute Gasteiger partial charge is 0.263 e. The highest BCUT2D eigenvalue weighted by atomic mass is 32.2. The van der Waals surface area contributed by atoms with Gasteiger partial charge in [-0.2, -0.15) is 0 Å². The molecule has 0 unspecified atom stereocenters. The molecule has 0 spiro atoms. The molecule has 8 heteroatoms. The van der Waals surface area contributed by atoms with E-state index in [1.165, 1.54) is 24.3 Å². The summed E-state index contributed by atoms with van der Waals surface area (Å²) in [4.78, 5) is 4.29. The van der Waals surface area contributed by atoms with E-state index in [0.29, 0.717) is 0 Å². The summed E-state index contributed by atoms with van der Waals surface area (Å²) >= 11 is 0. The van der Waals surface area contributed by atoms with E-state index >= 15 is 0 Å². The zero-order valence-electron chi connectivity index (χ0n) is 13.0. The standard InChI is InChI=1S/C15H18N2O4S2/c1-11(2)14-5-4-6-15(16-14)17-23(20,21)13-9-7-12(8-10-13)22(3,18)19/h4-11H,1-3H3,(H,16,17). The first-order valence-electron chi connectivity index (χ1n) is 6.89. The Morgan fingerprint density at radius 3 is 2.00 bits per heavy atom. The van der Waals surface area contributed by atoms with Crippen LogP contribution in [0.25, 0.3) is 0 Å². The molecule has 0 aliphatic heterocycles. The van der Waals surface area contributed by atoms with Gasteiger partial charge in [-0.1, -0.05) is 19.9 Å². The first kappa shape index (κ1) is 17.4. The molecule has 23 heavy (non-hydrogen) atoms. The van der Waals surface area contributed by atoms with Crippen LogP contribution in [0.15, 0.2) is 52.3 Å². The number of rotatable bonds is 5. The predicted octanol–water partition coefficient (Wildman–Crippen LogP) is 2.41. The Bertz CT molecular complexity index is 903. The fourth-order valence-corrected chi connectivity index (χ4v) is 3.52. The summed E-state index contributed by atoms with van der Waals surface area (Å²) in [6.07, 6.45) is 1.07. The summed E-state index contributed by atoms with van der Waals surface area (Å²) in [5, 5.41) is 0. The van der Waals surface area contributed by atoms with Crippen LogP contribution in [0.2, 0.25) is 0 Å². The van der Waals surface area contributed by atoms with Gasteiger partial charge in [-0.15, -0.1) is 0 Å². The second kappa shape index (κ2) is 6.29. The van der Waals surface area contributed by atoms with E-state index in [1.807, 2.05) is 19.9 Å². The van der Waals surface area contributed by atoms with E-state index in [9.17, 15) is 16.8 Å². The Kier molecular flexibility index (Phi) is 4.76. The van der Waals surface area contributed by atoms with Crippen LogP contribution in [-0.4, -0.2) is 28.1 Å². The zero-order chi connectivity index (χ0) is 17.3. The SMILES string of the molecule is CC(C)c1cccc(NS(=O)(=O)c2ccc(S(C)(=O)=O)cc2)n1. The number of pyridine rings is 1. The van der Waals surface area contributed by atoms with Gasteiger partial charge in [0.05, 0.1) is 9.79 Å². The Morgan fingerprint density at radius 2 is 1.48 bits per heavy atom. The molecule has 1 aromatic heterocycles. The molecule has 0 atom stereocenters. The number of benzene rings is 1. The van der Waals surface area contributed by atoms with Gasteiger partial charge in [0.25, 0.3) is 10.0 Å². The zero-order valence-corrected chi connectivity index (χ0v) is 14.6. The average molecular weight is 354 g/mol. The number of nitrogens with zero attached hydrogens (tertiary/aromatic N) is 1. The molecule has 0 radical (unpaired) electrons. The minimum Gasteiger partial charge on any atom is -0.263 e. The molecule has 2 aromatic rings. The van der Waals surface area contributed by atoms with Crippen molar-refractivity contribution < 1.29 is 16.8 Å². The van der Waals surface area contributed by atoms with Gasteiger partial charge in [-0.25, -0.2) is 21.8 Å². The molecule has 0 amide bonds. The van der Waals surface area contributed by atoms with E-state index in [-0.39, 0.29) is 21.5 Å². The third kappa shape index (κ3) is 4.29. The number of aromatic nitrogens is 1. The lowest BCUT2D eigenvalue weighted by molar-refractivity contribution is 0.597. The second-order valence-corrected chi connectivity index (χ2v) is 9.15. The van der Waals surface area contributed by atoms with Gasteiger partial charge in [-0.05, 0) is 42.3 Å². The number of hydrogen-bond donors (Lipinski definition) is 1. The van der Waals surface area contributed by atoms with Gasteiger partial charge in [0.15, 0.2) is 9.84 Å². The lowest BCUT2D eigenvalue weighted by Gasteiger charge is -2.10. The molecule has 2 rings (SSSR count). The van der Waals surface area contributed by atoms with Crippen LogP contribution < -0.4 is 4.72 Å². The van der Waals surface area contributed by atoms with Crippen molar-refractivity contribution in [3.05, 3.63) is 48.2 Å². The number of hydrogen-bond acceptors (Lipinski definition) is 5. The predicted molar refractivity (Wildman–Crippen MR) is 88.7 cm³/mol. The summed E-state index contributed by atoms with van der Waals surface area (Å²) in [6.45, 7) is 3.93. The van der Waals surface area contributed by atoms with E-state index in [1.54, 1.807) is 12.1 Å². The summed E-state index contributed by atoms with van der Waals surface area (Å²) < 4.78 is 49.9. The van der Waals surface area contributed by atoms with Crippen molar-refractivity contribution >= 4 is 25.7 Å². The van der Waals surface area contributed by atoms with E-state index in [0.717, 1.165) is 11.9 Å². The summed E-state index contributed by atoms with van der Waals surface area (Å²) in [6, 6.07) is 10.2. The van der Waals surface area contributed by atoms with Gasteiger partial charge in [0, 0.05) is 11.9 Å². The number of sulfonamides is 1. The maximum Gasteiger partial charge on any atom is 0.263 e. The highest BCUT2D eigenvalue weighted by Gasteiger charge is 2.16. The van der Waals surface area contributed by atoms with Gasteiger partial charge >= 0.3 is 0 Å². The van der Waals surface area contributed by atoms with Gasteiger partial charge in [0.2, 0.25) is 0 Å². The van der Waals surface area contributed by atoms with E-state index in [4.69, 9.17) is 0 Å². The van der Waals surface area contributed by atoms with Gasteiger partial charge < -0.3 is 0 Å². The van der Waals surface area contributed by atoms with Crippen molar-refractivity contribution in [1.82, 2.24) is 4.98 Å². The molecule has 0 saturated heterocycles. The van der Waals surface area contributed by atoms with Crippen LogP contribution >= 0.6 is 0 Å². The number of anilines is 1. The highest BCUT2D eigenvalue weighted by Crippen LogP contribution is 2.19. The van der Waals surface area contributed by atoms with Gasteiger partial charge in [-0.3, -0.25) is 4.72 Å². The Labute approximate surface area is 136 Å². The normalized spacial score (nSPS) is 12.3. The third-order valence-corrected chi connectivity index (χ3v) is 5.66. The Morgan fingerprint density at radius 1 is 0.913 bits per heavy atom. The molecule has 1 heterocycles. The largest absolute Gasteiger partial charge is 0.263 e. The Hall–Kier alpha value is -1.93. The highest BCUT2D eigenvalue weighted by molar-refractivity contribution is 7.92. The van der Waals surface area contributed by atoms with Crippen LogP contribution in [0.5, 0.6) is 0 Å². The first-order chi connectivity index (χ1) is 10.6. The number of nitrogens with one attached hydrogen (secondary N) is 1. The lowest BCUT2D eigenvalue weighted by atomic mass is 10.1. The Balaban J connectivity index is 2.30. The minimum absolute atomic E-state index is 0.0262. The van der Waals surface area contributed by atoms with Crippen LogP contribution in [-0.2, 0) is 19.9 Å². The molecule has 1 N–H and O–H groups in total. The topological polar surface area (TPSA) is 93.2 Å². The fraction of sp³-hybridized carbons (Fsp3) is 0.267. The molecule has 1 aromatic carbocycles. The molecular weight excluding hydrogens is 336 g/mol. The monoisotopic (exact) mass is 354 g/mol. The van der Waals surface area contributed by atoms with Crippen LogP contribution in [0.3, 0.4) is 0 Å². The third-order valence-electron chi connectivity index (χ3n) is 3.16. The molecule has 0 fully saturated rings. The van der Waals surface area contributed by atoms with Crippen molar-refractivity contribution in [2.24, 2.45) is 0 Å². The minimum atomic E-state index is -3.83. The molecule has 6 nitrogen and oxygen atoms in total. The molecule has 124 valence electrons. The van der Waals surface area contributed by atoms with Crippen LogP contribution in [0.1, 0.15) is 25.5 Å². The van der Waals surface area contributed by atoms with Crippen molar-refractivity contribution in [1.29, 1.82) is 0 Å². The molecule has 0 aliphatic rings. The quantitative estimate of drug-likeness (QED) is 0.890. The average Bonchev–Trinajstić information content (AvgIpc) is 2.46. The van der Waals surface area contributed by atoms with Crippen LogP contribution in [0, 0.1) is 0 Å². The second-order valence-electron chi connectivity index (χ2n) is 5.45. The van der Waals surface area contributed by atoms with Gasteiger partial charge in [0.1, 0.15) is 5.82 Å². The van der Waals surface area contributed by atoms with Crippen molar-refractivity contribution in [2.45, 2.75) is 29.6 Å². The van der Waals surface area contributed by atoms with Crippen molar-refractivity contribution in [3.63, 3.8) is 0 Å². The molecule has 0 bridgehead atoms. The van der Waals surface area contributed by atoms with E-state index in [2.05, 4.69) is 9.71 Å². The lowest BCUT2D eigenvalue weighted by Crippen LogP contribution is -2.14.